The molecule has 0 atom stereocenters. The molecule has 0 amide bonds. The van der Waals surface area contributed by atoms with Crippen molar-refractivity contribution in [2.24, 2.45) is 0 Å². The van der Waals surface area contributed by atoms with E-state index in [9.17, 15) is 0 Å². The monoisotopic (exact) mass is 286 g/mol. The summed E-state index contributed by atoms with van der Waals surface area (Å²) in [6.07, 6.45) is 0. The number of aromatic nitrogens is 1. The Hall–Kier alpha value is -1.85. The second kappa shape index (κ2) is 5.87. The molecule has 1 aliphatic heterocycles. The van der Waals surface area contributed by atoms with Gasteiger partial charge in [-0.15, -0.1) is 0 Å². The van der Waals surface area contributed by atoms with Gasteiger partial charge in [-0.05, 0) is 31.2 Å². The number of β-amino-alcohol motifs (C(OH)–C–C–N with tert-alkyl or cyclic N) is 1. The highest BCUT2D eigenvalue weighted by Crippen LogP contribution is 2.29. The van der Waals surface area contributed by atoms with Crippen LogP contribution < -0.4 is 10.6 Å². The Morgan fingerprint density at radius 1 is 1.19 bits per heavy atom. The van der Waals surface area contributed by atoms with E-state index in [2.05, 4.69) is 20.9 Å². The van der Waals surface area contributed by atoms with E-state index < -0.39 is 0 Å². The molecular weight excluding hydrogens is 264 g/mol. The van der Waals surface area contributed by atoms with Gasteiger partial charge in [-0.25, -0.2) is 0 Å². The number of pyridine rings is 1. The number of nitrogens with two attached hydrogens (primary N) is 1. The van der Waals surface area contributed by atoms with Crippen LogP contribution in [0.3, 0.4) is 0 Å². The topological polar surface area (TPSA) is 65.6 Å². The minimum atomic E-state index is 0.230. The lowest BCUT2D eigenvalue weighted by Gasteiger charge is -2.36. The summed E-state index contributed by atoms with van der Waals surface area (Å²) in [5.41, 5.74) is 9.95. The zero-order chi connectivity index (χ0) is 14.8. The number of benzene rings is 1. The summed E-state index contributed by atoms with van der Waals surface area (Å²) in [4.78, 5) is 9.28. The van der Waals surface area contributed by atoms with Gasteiger partial charge in [0.05, 0.1) is 12.1 Å². The maximum Gasteiger partial charge on any atom is 0.0727 e. The van der Waals surface area contributed by atoms with Gasteiger partial charge < -0.3 is 15.7 Å². The molecule has 1 aliphatic rings. The van der Waals surface area contributed by atoms with Crippen molar-refractivity contribution in [3.05, 3.63) is 30.0 Å². The maximum absolute atomic E-state index is 9.03. The molecule has 2 aromatic rings. The van der Waals surface area contributed by atoms with E-state index in [1.165, 1.54) is 5.69 Å². The summed E-state index contributed by atoms with van der Waals surface area (Å²) >= 11 is 0. The molecule has 2 heterocycles. The van der Waals surface area contributed by atoms with E-state index in [4.69, 9.17) is 10.8 Å². The molecule has 0 radical (unpaired) electrons. The van der Waals surface area contributed by atoms with Crippen molar-refractivity contribution >= 4 is 22.3 Å². The summed E-state index contributed by atoms with van der Waals surface area (Å²) in [7, 11) is 0. The van der Waals surface area contributed by atoms with Crippen LogP contribution in [-0.4, -0.2) is 54.3 Å². The third-order valence-electron chi connectivity index (χ3n) is 4.07. The van der Waals surface area contributed by atoms with Crippen LogP contribution in [0.1, 0.15) is 5.69 Å². The second-order valence-electron chi connectivity index (χ2n) is 5.61. The van der Waals surface area contributed by atoms with Crippen LogP contribution in [-0.2, 0) is 0 Å². The molecule has 1 aromatic heterocycles. The molecule has 1 aromatic carbocycles. The fourth-order valence-electron chi connectivity index (χ4n) is 2.97. The average Bonchev–Trinajstić information content (AvgIpc) is 2.48. The van der Waals surface area contributed by atoms with Gasteiger partial charge in [-0.1, -0.05) is 0 Å². The lowest BCUT2D eigenvalue weighted by Crippen LogP contribution is -2.47. The smallest absolute Gasteiger partial charge is 0.0727 e. The van der Waals surface area contributed by atoms with Crippen molar-refractivity contribution in [3.8, 4) is 0 Å². The number of aliphatic hydroxyl groups excluding tert-OH is 1. The molecule has 5 heteroatoms. The van der Waals surface area contributed by atoms with Gasteiger partial charge in [-0.3, -0.25) is 9.88 Å². The number of fused-ring (bicyclic) bond motifs is 1. The molecule has 112 valence electrons. The van der Waals surface area contributed by atoms with E-state index >= 15 is 0 Å². The van der Waals surface area contributed by atoms with E-state index in [1.54, 1.807) is 0 Å². The summed E-state index contributed by atoms with van der Waals surface area (Å²) in [6, 6.07) is 8.04. The fourth-order valence-corrected chi connectivity index (χ4v) is 2.97. The lowest BCUT2D eigenvalue weighted by molar-refractivity contribution is 0.189. The molecule has 5 nitrogen and oxygen atoms in total. The predicted molar refractivity (Wildman–Crippen MR) is 86.6 cm³/mol. The lowest BCUT2D eigenvalue weighted by atomic mass is 10.1. The summed E-state index contributed by atoms with van der Waals surface area (Å²) in [5, 5.41) is 10.2. The van der Waals surface area contributed by atoms with Crippen LogP contribution in [0, 0.1) is 6.92 Å². The first-order valence-electron chi connectivity index (χ1n) is 7.42. The van der Waals surface area contributed by atoms with Crippen LogP contribution in [0.15, 0.2) is 24.3 Å². The molecule has 21 heavy (non-hydrogen) atoms. The van der Waals surface area contributed by atoms with Gasteiger partial charge in [-0.2, -0.15) is 0 Å². The molecule has 0 unspecified atom stereocenters. The normalized spacial score (nSPS) is 16.6. The number of hydrogen-bond acceptors (Lipinski definition) is 5. The van der Waals surface area contributed by atoms with Crippen LogP contribution in [0.2, 0.25) is 0 Å². The summed E-state index contributed by atoms with van der Waals surface area (Å²) < 4.78 is 0. The first kappa shape index (κ1) is 14.1. The SMILES string of the molecule is Cc1cc(N2CCN(CCO)CC2)c2cc(N)ccc2n1. The highest BCUT2D eigenvalue weighted by Gasteiger charge is 2.19. The van der Waals surface area contributed by atoms with Gasteiger partial charge in [0.15, 0.2) is 0 Å². The Morgan fingerprint density at radius 2 is 1.95 bits per heavy atom. The highest BCUT2D eigenvalue weighted by atomic mass is 16.3. The number of aryl methyl sites for hydroxylation is 1. The molecule has 0 spiro atoms. The summed E-state index contributed by atoms with van der Waals surface area (Å²) in [5.74, 6) is 0. The minimum Gasteiger partial charge on any atom is -0.399 e. The fraction of sp³-hybridized carbons (Fsp3) is 0.438. The standard InChI is InChI=1S/C16H22N4O/c1-12-10-16(14-11-13(17)2-3-15(14)18-12)20-6-4-19(5-7-20)8-9-21/h2-3,10-11,21H,4-9,17H2,1H3. The first-order chi connectivity index (χ1) is 10.2. The Labute approximate surface area is 125 Å². The van der Waals surface area contributed by atoms with Crippen molar-refractivity contribution in [1.29, 1.82) is 0 Å². The molecule has 1 saturated heterocycles. The Kier molecular flexibility index (Phi) is 3.94. The molecule has 0 saturated carbocycles. The minimum absolute atomic E-state index is 0.230. The van der Waals surface area contributed by atoms with E-state index in [0.29, 0.717) is 0 Å². The van der Waals surface area contributed by atoms with Crippen molar-refractivity contribution in [1.82, 2.24) is 9.88 Å². The van der Waals surface area contributed by atoms with E-state index in [-0.39, 0.29) is 6.61 Å². The molecule has 0 aliphatic carbocycles. The predicted octanol–water partition coefficient (Wildman–Crippen LogP) is 1.24. The van der Waals surface area contributed by atoms with Crippen molar-refractivity contribution in [2.75, 3.05) is 50.0 Å². The van der Waals surface area contributed by atoms with Crippen LogP contribution in [0.25, 0.3) is 10.9 Å². The Balaban J connectivity index is 1.91. The quantitative estimate of drug-likeness (QED) is 0.831. The molecule has 0 bridgehead atoms. The number of hydrogen-bond donors (Lipinski definition) is 2. The maximum atomic E-state index is 9.03. The van der Waals surface area contributed by atoms with Crippen LogP contribution >= 0.6 is 0 Å². The van der Waals surface area contributed by atoms with Crippen LogP contribution in [0.5, 0.6) is 0 Å². The van der Waals surface area contributed by atoms with Gasteiger partial charge in [0, 0.05) is 55.2 Å². The highest BCUT2D eigenvalue weighted by molar-refractivity contribution is 5.94. The van der Waals surface area contributed by atoms with E-state index in [1.807, 2.05) is 25.1 Å². The van der Waals surface area contributed by atoms with Gasteiger partial charge in [0.1, 0.15) is 0 Å². The first-order valence-corrected chi connectivity index (χ1v) is 7.42. The zero-order valence-corrected chi connectivity index (χ0v) is 12.4. The number of piperazine rings is 1. The largest absolute Gasteiger partial charge is 0.399 e. The molecule has 3 N–H and O–H groups in total. The van der Waals surface area contributed by atoms with E-state index in [0.717, 1.165) is 55.0 Å². The Morgan fingerprint density at radius 3 is 2.67 bits per heavy atom. The van der Waals surface area contributed by atoms with Gasteiger partial charge in [0.25, 0.3) is 0 Å². The third-order valence-corrected chi connectivity index (χ3v) is 4.07. The van der Waals surface area contributed by atoms with Crippen LogP contribution in [0.4, 0.5) is 11.4 Å². The third kappa shape index (κ3) is 2.94. The number of anilines is 2. The average molecular weight is 286 g/mol. The molecule has 3 rings (SSSR count). The van der Waals surface area contributed by atoms with Crippen molar-refractivity contribution in [2.45, 2.75) is 6.92 Å². The number of rotatable bonds is 3. The van der Waals surface area contributed by atoms with Crippen molar-refractivity contribution < 1.29 is 5.11 Å². The Bertz CT molecular complexity index is 635. The second-order valence-corrected chi connectivity index (χ2v) is 5.61. The van der Waals surface area contributed by atoms with Crippen molar-refractivity contribution in [3.63, 3.8) is 0 Å². The molecular formula is C16H22N4O. The van der Waals surface area contributed by atoms with Gasteiger partial charge in [0.2, 0.25) is 0 Å². The van der Waals surface area contributed by atoms with Gasteiger partial charge >= 0.3 is 0 Å². The summed E-state index contributed by atoms with van der Waals surface area (Å²) in [6.45, 7) is 6.91. The molecule has 1 fully saturated rings. The number of nitrogen functional groups attached to an aromatic ring is 1. The zero-order valence-electron chi connectivity index (χ0n) is 12.4. The number of aliphatic hydroxyl groups is 1. The number of nitrogens with zero attached hydrogens (tertiary/aromatic N) is 3.